The Balaban J connectivity index is 1.92. The van der Waals surface area contributed by atoms with E-state index in [1.165, 1.54) is 6.08 Å². The first-order valence-electron chi connectivity index (χ1n) is 9.28. The maximum absolute atomic E-state index is 11.1. The van der Waals surface area contributed by atoms with Crippen LogP contribution in [-0.4, -0.2) is 51.3 Å². The molecule has 0 spiro atoms. The molecule has 1 unspecified atom stereocenters. The van der Waals surface area contributed by atoms with Crippen LogP contribution in [0, 0.1) is 0 Å². The van der Waals surface area contributed by atoms with Crippen molar-refractivity contribution in [2.24, 2.45) is 0 Å². The second-order valence-electron chi connectivity index (χ2n) is 6.74. The van der Waals surface area contributed by atoms with Crippen LogP contribution in [-0.2, 0) is 40.3 Å². The van der Waals surface area contributed by atoms with Gasteiger partial charge in [-0.15, -0.1) is 0 Å². The standard InChI is InChI=1S/C19H30O7Si2/c1-6-19(20)24-11-7-12-27(5)25-15-17-14-16(8-9-18(17)26-27)10-13-28(21-2,22-3)23-4/h6,8-9,14H,1,7,10-13,15H2,2-5H3. The molecule has 156 valence electrons. The largest absolute Gasteiger partial charge is 0.520 e. The Morgan fingerprint density at radius 1 is 1.29 bits per heavy atom. The summed E-state index contributed by atoms with van der Waals surface area (Å²) in [5.74, 6) is 0.471. The number of aryl methyl sites for hydroxylation is 1. The predicted octanol–water partition coefficient (Wildman–Crippen LogP) is 3.21. The molecule has 0 saturated carbocycles. The number of hydrogen-bond donors (Lipinski definition) is 0. The highest BCUT2D eigenvalue weighted by molar-refractivity contribution is 6.67. The first kappa shape index (κ1) is 22.8. The lowest BCUT2D eigenvalue weighted by molar-refractivity contribution is -0.137. The number of hydrogen-bond acceptors (Lipinski definition) is 7. The van der Waals surface area contributed by atoms with Gasteiger partial charge in [-0.1, -0.05) is 12.6 Å². The Kier molecular flexibility index (Phi) is 8.41. The summed E-state index contributed by atoms with van der Waals surface area (Å²) >= 11 is 0. The van der Waals surface area contributed by atoms with Gasteiger partial charge in [0, 0.05) is 45.1 Å². The van der Waals surface area contributed by atoms with Crippen LogP contribution >= 0.6 is 0 Å². The maximum Gasteiger partial charge on any atom is 0.500 e. The molecule has 0 bridgehead atoms. The molecule has 1 aromatic carbocycles. The minimum absolute atomic E-state index is 0.343. The van der Waals surface area contributed by atoms with Crippen LogP contribution in [0.25, 0.3) is 0 Å². The summed E-state index contributed by atoms with van der Waals surface area (Å²) in [6.07, 6.45) is 2.66. The lowest BCUT2D eigenvalue weighted by atomic mass is 10.1. The molecule has 0 saturated heterocycles. The summed E-state index contributed by atoms with van der Waals surface area (Å²) in [4.78, 5) is 11.1. The molecule has 1 aliphatic rings. The van der Waals surface area contributed by atoms with E-state index < -0.39 is 23.3 Å². The van der Waals surface area contributed by atoms with Crippen LogP contribution in [0.5, 0.6) is 5.75 Å². The van der Waals surface area contributed by atoms with E-state index in [1.54, 1.807) is 21.3 Å². The molecule has 0 aliphatic carbocycles. The number of ether oxygens (including phenoxy) is 1. The highest BCUT2D eigenvalue weighted by atomic mass is 28.4. The van der Waals surface area contributed by atoms with Crippen molar-refractivity contribution < 1.29 is 31.7 Å². The lowest BCUT2D eigenvalue weighted by Crippen LogP contribution is -2.44. The molecule has 0 amide bonds. The lowest BCUT2D eigenvalue weighted by Gasteiger charge is -2.33. The van der Waals surface area contributed by atoms with Crippen molar-refractivity contribution in [3.8, 4) is 5.75 Å². The van der Waals surface area contributed by atoms with Crippen molar-refractivity contribution in [1.29, 1.82) is 0 Å². The van der Waals surface area contributed by atoms with Crippen molar-refractivity contribution >= 4 is 23.3 Å². The Morgan fingerprint density at radius 3 is 2.64 bits per heavy atom. The summed E-state index contributed by atoms with van der Waals surface area (Å²) in [5.41, 5.74) is 2.20. The molecule has 2 rings (SSSR count). The zero-order valence-electron chi connectivity index (χ0n) is 17.1. The molecule has 0 radical (unpaired) electrons. The van der Waals surface area contributed by atoms with E-state index in [1.807, 2.05) is 12.6 Å². The molecule has 1 heterocycles. The zero-order valence-corrected chi connectivity index (χ0v) is 19.1. The SMILES string of the molecule is C=CC(=O)OCCC[Si]1(C)OCc2cc(CC[Si](OC)(OC)OC)ccc2O1. The van der Waals surface area contributed by atoms with Crippen LogP contribution in [0.2, 0.25) is 18.6 Å². The second kappa shape index (κ2) is 10.3. The molecular formula is C19H30O7Si2. The highest BCUT2D eigenvalue weighted by Crippen LogP contribution is 2.33. The van der Waals surface area contributed by atoms with Gasteiger partial charge in [-0.2, -0.15) is 0 Å². The fourth-order valence-electron chi connectivity index (χ4n) is 3.09. The third-order valence-electron chi connectivity index (χ3n) is 4.82. The topological polar surface area (TPSA) is 72.5 Å². The molecule has 0 aromatic heterocycles. The molecule has 1 aliphatic heterocycles. The third kappa shape index (κ3) is 6.00. The fourth-order valence-corrected chi connectivity index (χ4v) is 7.02. The highest BCUT2D eigenvalue weighted by Gasteiger charge is 2.39. The van der Waals surface area contributed by atoms with Gasteiger partial charge in [-0.05, 0) is 37.1 Å². The van der Waals surface area contributed by atoms with Crippen molar-refractivity contribution in [2.45, 2.75) is 38.1 Å². The van der Waals surface area contributed by atoms with Gasteiger partial charge >= 0.3 is 23.3 Å². The van der Waals surface area contributed by atoms with Crippen LogP contribution in [0.3, 0.4) is 0 Å². The number of carbonyl (C=O) groups is 1. The average Bonchev–Trinajstić information content (AvgIpc) is 2.72. The average molecular weight is 427 g/mol. The zero-order chi connectivity index (χ0) is 20.6. The van der Waals surface area contributed by atoms with E-state index in [4.69, 9.17) is 26.9 Å². The Morgan fingerprint density at radius 2 is 2.00 bits per heavy atom. The summed E-state index contributed by atoms with van der Waals surface area (Å²) in [6.45, 7) is 6.29. The van der Waals surface area contributed by atoms with Gasteiger partial charge in [0.05, 0.1) is 13.2 Å². The minimum Gasteiger partial charge on any atom is -0.520 e. The van der Waals surface area contributed by atoms with E-state index in [2.05, 4.69) is 18.7 Å². The Bertz CT molecular complexity index is 670. The molecule has 1 aromatic rings. The molecule has 7 nitrogen and oxygen atoms in total. The van der Waals surface area contributed by atoms with E-state index in [9.17, 15) is 4.79 Å². The Labute approximate surface area is 169 Å². The first-order valence-corrected chi connectivity index (χ1v) is 13.7. The quantitative estimate of drug-likeness (QED) is 0.233. The van der Waals surface area contributed by atoms with Crippen LogP contribution < -0.4 is 4.43 Å². The van der Waals surface area contributed by atoms with Gasteiger partial charge in [0.25, 0.3) is 0 Å². The molecule has 0 N–H and O–H groups in total. The second-order valence-corrected chi connectivity index (χ2v) is 13.1. The minimum atomic E-state index is -2.59. The number of carbonyl (C=O) groups excluding carboxylic acids is 1. The van der Waals surface area contributed by atoms with Gasteiger partial charge in [0.15, 0.2) is 0 Å². The van der Waals surface area contributed by atoms with E-state index in [0.717, 1.165) is 29.3 Å². The summed E-state index contributed by atoms with van der Waals surface area (Å²) in [7, 11) is -0.0417. The maximum atomic E-state index is 11.1. The van der Waals surface area contributed by atoms with Gasteiger partial charge < -0.3 is 26.9 Å². The van der Waals surface area contributed by atoms with Crippen LogP contribution in [0.4, 0.5) is 0 Å². The van der Waals surface area contributed by atoms with Crippen molar-refractivity contribution in [2.75, 3.05) is 27.9 Å². The Hall–Kier alpha value is -1.50. The number of esters is 1. The third-order valence-corrected chi connectivity index (χ3v) is 10.2. The molecule has 28 heavy (non-hydrogen) atoms. The van der Waals surface area contributed by atoms with Gasteiger partial charge in [-0.25, -0.2) is 4.79 Å². The van der Waals surface area contributed by atoms with E-state index in [0.29, 0.717) is 25.7 Å². The predicted molar refractivity (Wildman–Crippen MR) is 109 cm³/mol. The number of rotatable bonds is 11. The van der Waals surface area contributed by atoms with Crippen molar-refractivity contribution in [3.05, 3.63) is 42.0 Å². The summed E-state index contributed by atoms with van der Waals surface area (Å²) in [6, 6.07) is 7.63. The normalized spacial score (nSPS) is 18.9. The van der Waals surface area contributed by atoms with Gasteiger partial charge in [-0.3, -0.25) is 0 Å². The molecular weight excluding hydrogens is 396 g/mol. The summed E-state index contributed by atoms with van der Waals surface area (Å²) < 4.78 is 33.7. The molecule has 0 fully saturated rings. The van der Waals surface area contributed by atoms with Gasteiger partial charge in [0.1, 0.15) is 5.75 Å². The van der Waals surface area contributed by atoms with Crippen LogP contribution in [0.15, 0.2) is 30.9 Å². The smallest absolute Gasteiger partial charge is 0.500 e. The first-order chi connectivity index (χ1) is 13.4. The molecule has 9 heteroatoms. The summed E-state index contributed by atoms with van der Waals surface area (Å²) in [5, 5.41) is 0. The molecule has 1 atom stereocenters. The van der Waals surface area contributed by atoms with Crippen LogP contribution in [0.1, 0.15) is 17.5 Å². The number of fused-ring (bicyclic) bond motifs is 1. The monoisotopic (exact) mass is 426 g/mol. The fraction of sp³-hybridized carbons (Fsp3) is 0.526. The van der Waals surface area contributed by atoms with Crippen molar-refractivity contribution in [3.63, 3.8) is 0 Å². The van der Waals surface area contributed by atoms with E-state index >= 15 is 0 Å². The van der Waals surface area contributed by atoms with E-state index in [-0.39, 0.29) is 0 Å². The van der Waals surface area contributed by atoms with Crippen molar-refractivity contribution in [1.82, 2.24) is 0 Å². The van der Waals surface area contributed by atoms with Gasteiger partial charge in [0.2, 0.25) is 0 Å². The number of benzene rings is 1.